The van der Waals surface area contributed by atoms with E-state index in [0.29, 0.717) is 12.8 Å². The molecule has 2 heterocycles. The number of hydrogen-bond acceptors (Lipinski definition) is 6. The highest BCUT2D eigenvalue weighted by atomic mass is 32.1. The van der Waals surface area contributed by atoms with Gasteiger partial charge in [0, 0.05) is 31.7 Å². The second-order valence-corrected chi connectivity index (χ2v) is 10.0. The van der Waals surface area contributed by atoms with E-state index >= 15 is 0 Å². The van der Waals surface area contributed by atoms with Crippen LogP contribution in [-0.4, -0.2) is 51.2 Å². The Bertz CT molecular complexity index is 996. The van der Waals surface area contributed by atoms with Gasteiger partial charge in [-0.15, -0.1) is 11.3 Å². The van der Waals surface area contributed by atoms with E-state index < -0.39 is 12.1 Å². The van der Waals surface area contributed by atoms with Gasteiger partial charge in [0.05, 0.1) is 28.2 Å². The smallest absolute Gasteiger partial charge is 0.227 e. The maximum absolute atomic E-state index is 13.2. The number of hydrogen-bond donors (Lipinski definition) is 1. The molecule has 2 aromatic rings. The van der Waals surface area contributed by atoms with E-state index in [0.717, 1.165) is 34.5 Å². The summed E-state index contributed by atoms with van der Waals surface area (Å²) in [7, 11) is 0. The number of Topliss-reactive ketones (excluding diaryl/α,β-unsaturated/α-hetero) is 2. The fourth-order valence-corrected chi connectivity index (χ4v) is 5.49. The fourth-order valence-electron chi connectivity index (χ4n) is 4.68. The molecular weight excluding hydrogens is 424 g/mol. The number of benzene rings is 1. The number of β-amino-alcohol motifs (C(OH)–C–C–N with tert-alkyl or cyclic N) is 1. The molecular formula is C25H30N2O4S. The number of aryl methyl sites for hydroxylation is 2. The third kappa shape index (κ3) is 5.15. The van der Waals surface area contributed by atoms with Crippen LogP contribution in [0.5, 0.6) is 0 Å². The summed E-state index contributed by atoms with van der Waals surface area (Å²) in [4.78, 5) is 44.9. The Morgan fingerprint density at radius 2 is 1.94 bits per heavy atom. The van der Waals surface area contributed by atoms with Crippen molar-refractivity contribution in [3.63, 3.8) is 0 Å². The summed E-state index contributed by atoms with van der Waals surface area (Å²) in [6, 6.07) is 7.58. The standard InChI is InChI=1S/C25H30N2O4S/c1-15(28)11-21(18-8-9-18)25(31)27-13-20(29)12-22(27)23(30)10-5-17-3-6-19(7-4-17)24-16(2)26-14-32-24/h3-4,6-7,14,18,20-22,29H,5,8-13H2,1-2H3/t20-,21+,22+/m1/s1. The first-order chi connectivity index (χ1) is 15.3. The zero-order chi connectivity index (χ0) is 22.8. The Hall–Kier alpha value is -2.38. The first-order valence-electron chi connectivity index (χ1n) is 11.3. The topological polar surface area (TPSA) is 87.6 Å². The van der Waals surface area contributed by atoms with E-state index in [1.807, 2.05) is 24.6 Å². The molecule has 6 nitrogen and oxygen atoms in total. The van der Waals surface area contributed by atoms with Crippen LogP contribution in [0.15, 0.2) is 29.8 Å². The molecule has 0 spiro atoms. The lowest BCUT2D eigenvalue weighted by Gasteiger charge is -2.27. The zero-order valence-electron chi connectivity index (χ0n) is 18.6. The summed E-state index contributed by atoms with van der Waals surface area (Å²) in [5.41, 5.74) is 5.03. The van der Waals surface area contributed by atoms with Crippen molar-refractivity contribution in [1.82, 2.24) is 9.88 Å². The normalized spacial score (nSPS) is 21.5. The molecule has 3 atom stereocenters. The number of aliphatic hydroxyl groups excluding tert-OH is 1. The van der Waals surface area contributed by atoms with E-state index in [-0.39, 0.29) is 48.7 Å². The molecule has 1 saturated carbocycles. The van der Waals surface area contributed by atoms with Crippen molar-refractivity contribution >= 4 is 28.8 Å². The summed E-state index contributed by atoms with van der Waals surface area (Å²) in [6.45, 7) is 3.68. The first-order valence-corrected chi connectivity index (χ1v) is 12.2. The average Bonchev–Trinajstić information content (AvgIpc) is 3.40. The van der Waals surface area contributed by atoms with E-state index in [4.69, 9.17) is 0 Å². The van der Waals surface area contributed by atoms with Crippen LogP contribution in [0.25, 0.3) is 10.4 Å². The van der Waals surface area contributed by atoms with Crippen molar-refractivity contribution in [2.75, 3.05) is 6.54 Å². The van der Waals surface area contributed by atoms with Gasteiger partial charge in [-0.05, 0) is 50.2 Å². The lowest BCUT2D eigenvalue weighted by Crippen LogP contribution is -2.44. The minimum Gasteiger partial charge on any atom is -0.391 e. The Morgan fingerprint density at radius 1 is 1.22 bits per heavy atom. The van der Waals surface area contributed by atoms with Gasteiger partial charge in [-0.3, -0.25) is 9.59 Å². The molecule has 7 heteroatoms. The molecule has 0 bridgehead atoms. The Labute approximate surface area is 192 Å². The third-order valence-corrected chi connectivity index (χ3v) is 7.55. The van der Waals surface area contributed by atoms with Gasteiger partial charge in [0.2, 0.25) is 5.91 Å². The van der Waals surface area contributed by atoms with Crippen molar-refractivity contribution in [1.29, 1.82) is 0 Å². The summed E-state index contributed by atoms with van der Waals surface area (Å²) in [5.74, 6) is -0.275. The number of likely N-dealkylation sites (tertiary alicyclic amines) is 1. The van der Waals surface area contributed by atoms with Crippen LogP contribution in [-0.2, 0) is 20.8 Å². The maximum atomic E-state index is 13.2. The van der Waals surface area contributed by atoms with Gasteiger partial charge in [0.25, 0.3) is 0 Å². The molecule has 4 rings (SSSR count). The highest BCUT2D eigenvalue weighted by Crippen LogP contribution is 2.40. The lowest BCUT2D eigenvalue weighted by atomic mass is 9.94. The number of aliphatic hydroxyl groups is 1. The van der Waals surface area contributed by atoms with Crippen LogP contribution in [0.1, 0.15) is 50.3 Å². The summed E-state index contributed by atoms with van der Waals surface area (Å²) in [5, 5.41) is 10.2. The summed E-state index contributed by atoms with van der Waals surface area (Å²) >= 11 is 1.61. The zero-order valence-corrected chi connectivity index (χ0v) is 19.4. The molecule has 32 heavy (non-hydrogen) atoms. The predicted molar refractivity (Wildman–Crippen MR) is 123 cm³/mol. The lowest BCUT2D eigenvalue weighted by molar-refractivity contribution is -0.143. The number of thiazole rings is 1. The van der Waals surface area contributed by atoms with Crippen LogP contribution in [0, 0.1) is 18.8 Å². The van der Waals surface area contributed by atoms with Crippen molar-refractivity contribution in [2.24, 2.45) is 11.8 Å². The number of amides is 1. The number of carbonyl (C=O) groups excluding carboxylic acids is 3. The van der Waals surface area contributed by atoms with Crippen molar-refractivity contribution in [2.45, 2.75) is 64.5 Å². The van der Waals surface area contributed by atoms with Gasteiger partial charge in [-0.2, -0.15) is 0 Å². The number of rotatable bonds is 9. The van der Waals surface area contributed by atoms with E-state index in [2.05, 4.69) is 17.1 Å². The second kappa shape index (κ2) is 9.63. The molecule has 1 aliphatic heterocycles. The van der Waals surface area contributed by atoms with Crippen LogP contribution in [0.3, 0.4) is 0 Å². The number of carbonyl (C=O) groups is 3. The Balaban J connectivity index is 1.39. The molecule has 0 radical (unpaired) electrons. The number of ketones is 2. The van der Waals surface area contributed by atoms with Gasteiger partial charge in [0.1, 0.15) is 5.78 Å². The van der Waals surface area contributed by atoms with E-state index in [1.165, 1.54) is 6.92 Å². The number of aromatic nitrogens is 1. The molecule has 2 fully saturated rings. The van der Waals surface area contributed by atoms with Crippen molar-refractivity contribution < 1.29 is 19.5 Å². The van der Waals surface area contributed by atoms with E-state index in [9.17, 15) is 19.5 Å². The van der Waals surface area contributed by atoms with Gasteiger partial charge < -0.3 is 14.8 Å². The minimum atomic E-state index is -0.688. The van der Waals surface area contributed by atoms with Crippen LogP contribution in [0.4, 0.5) is 0 Å². The van der Waals surface area contributed by atoms with Gasteiger partial charge in [-0.1, -0.05) is 24.3 Å². The second-order valence-electron chi connectivity index (χ2n) is 9.18. The van der Waals surface area contributed by atoms with Gasteiger partial charge in [0.15, 0.2) is 5.78 Å². The van der Waals surface area contributed by atoms with Gasteiger partial charge >= 0.3 is 0 Å². The highest BCUT2D eigenvalue weighted by Gasteiger charge is 2.45. The SMILES string of the molecule is CC(=O)C[C@H](C(=O)N1C[C@H](O)C[C@H]1C(=O)CCc1ccc(-c2scnc2C)cc1)C1CC1. The highest BCUT2D eigenvalue weighted by molar-refractivity contribution is 7.13. The minimum absolute atomic E-state index is 0.00478. The average molecular weight is 455 g/mol. The third-order valence-electron chi connectivity index (χ3n) is 6.57. The fraction of sp³-hybridized carbons (Fsp3) is 0.520. The quantitative estimate of drug-likeness (QED) is 0.626. The van der Waals surface area contributed by atoms with Crippen LogP contribution < -0.4 is 0 Å². The largest absolute Gasteiger partial charge is 0.391 e. The number of nitrogens with zero attached hydrogens (tertiary/aromatic N) is 2. The van der Waals surface area contributed by atoms with Crippen LogP contribution in [0.2, 0.25) is 0 Å². The molecule has 1 amide bonds. The maximum Gasteiger partial charge on any atom is 0.227 e. The van der Waals surface area contributed by atoms with Gasteiger partial charge in [-0.25, -0.2) is 4.98 Å². The van der Waals surface area contributed by atoms with Crippen LogP contribution >= 0.6 is 11.3 Å². The molecule has 0 unspecified atom stereocenters. The first kappa shape index (κ1) is 22.8. The predicted octanol–water partition coefficient (Wildman–Crippen LogP) is 3.59. The van der Waals surface area contributed by atoms with Crippen molar-refractivity contribution in [3.8, 4) is 10.4 Å². The van der Waals surface area contributed by atoms with Crippen molar-refractivity contribution in [3.05, 3.63) is 41.0 Å². The summed E-state index contributed by atoms with van der Waals surface area (Å²) in [6.07, 6.45) is 2.64. The summed E-state index contributed by atoms with van der Waals surface area (Å²) < 4.78 is 0. The monoisotopic (exact) mass is 454 g/mol. The molecule has 1 aromatic carbocycles. The van der Waals surface area contributed by atoms with E-state index in [1.54, 1.807) is 16.2 Å². The molecule has 2 aliphatic rings. The molecule has 1 saturated heterocycles. The molecule has 1 aromatic heterocycles. The Morgan fingerprint density at radius 3 is 2.53 bits per heavy atom. The molecule has 170 valence electrons. The Kier molecular flexibility index (Phi) is 6.86. The molecule has 1 aliphatic carbocycles. The molecule has 1 N–H and O–H groups in total.